The van der Waals surface area contributed by atoms with Crippen molar-refractivity contribution in [3.63, 3.8) is 0 Å². The lowest BCUT2D eigenvalue weighted by atomic mass is 9.85. The molecule has 0 aromatic heterocycles. The maximum absolute atomic E-state index is 8.82. The van der Waals surface area contributed by atoms with E-state index >= 15 is 0 Å². The van der Waals surface area contributed by atoms with Gasteiger partial charge in [0.15, 0.2) is 0 Å². The number of nitrogens with zero attached hydrogens (tertiary/aromatic N) is 1. The number of nitrogens with one attached hydrogen (secondary N) is 1. The van der Waals surface area contributed by atoms with Gasteiger partial charge in [0.25, 0.3) is 0 Å². The summed E-state index contributed by atoms with van der Waals surface area (Å²) in [6.45, 7) is 16.4. The minimum atomic E-state index is 0.132. The van der Waals surface area contributed by atoms with Crippen molar-refractivity contribution in [1.82, 2.24) is 10.2 Å². The second-order valence-corrected chi connectivity index (χ2v) is 7.84. The van der Waals surface area contributed by atoms with Gasteiger partial charge in [0.05, 0.1) is 19.3 Å². The van der Waals surface area contributed by atoms with Crippen molar-refractivity contribution in [2.24, 2.45) is 5.41 Å². The van der Waals surface area contributed by atoms with E-state index in [0.717, 1.165) is 39.0 Å². The summed E-state index contributed by atoms with van der Waals surface area (Å²) in [4.78, 5) is 2.58. The molecule has 1 aliphatic heterocycles. The normalized spacial score (nSPS) is 21.4. The summed E-state index contributed by atoms with van der Waals surface area (Å²) in [7, 11) is 0. The van der Waals surface area contributed by atoms with Gasteiger partial charge in [0.2, 0.25) is 0 Å². The first-order valence-electron chi connectivity index (χ1n) is 8.48. The number of piperidine rings is 1. The Labute approximate surface area is 131 Å². The molecule has 4 nitrogen and oxygen atoms in total. The highest BCUT2D eigenvalue weighted by atomic mass is 16.5. The number of ether oxygens (including phenoxy) is 1. The first kappa shape index (κ1) is 18.9. The molecule has 1 heterocycles. The second-order valence-electron chi connectivity index (χ2n) is 7.84. The zero-order valence-electron chi connectivity index (χ0n) is 14.7. The zero-order valence-corrected chi connectivity index (χ0v) is 14.7. The van der Waals surface area contributed by atoms with Crippen LogP contribution in [-0.4, -0.2) is 61.0 Å². The minimum Gasteiger partial charge on any atom is -0.394 e. The molecule has 0 saturated carbocycles. The molecule has 1 unspecified atom stereocenters. The van der Waals surface area contributed by atoms with Gasteiger partial charge in [0, 0.05) is 31.7 Å². The van der Waals surface area contributed by atoms with Crippen LogP contribution in [0.25, 0.3) is 0 Å². The van der Waals surface area contributed by atoms with E-state index in [0.29, 0.717) is 18.1 Å². The Balaban J connectivity index is 2.37. The highest BCUT2D eigenvalue weighted by molar-refractivity contribution is 4.85. The molecule has 1 atom stereocenters. The second kappa shape index (κ2) is 8.47. The lowest BCUT2D eigenvalue weighted by Gasteiger charge is -2.40. The Bertz CT molecular complexity index is 283. The predicted molar refractivity (Wildman–Crippen MR) is 88.7 cm³/mol. The fourth-order valence-electron chi connectivity index (χ4n) is 2.76. The van der Waals surface area contributed by atoms with Gasteiger partial charge < -0.3 is 20.1 Å². The van der Waals surface area contributed by atoms with Crippen molar-refractivity contribution in [2.75, 3.05) is 39.4 Å². The van der Waals surface area contributed by atoms with Crippen LogP contribution >= 0.6 is 0 Å². The number of rotatable bonds is 8. The molecule has 1 aliphatic rings. The molecule has 21 heavy (non-hydrogen) atoms. The average Bonchev–Trinajstić information content (AvgIpc) is 2.44. The average molecular weight is 300 g/mol. The molecule has 126 valence electrons. The van der Waals surface area contributed by atoms with Crippen LogP contribution in [0.4, 0.5) is 0 Å². The highest BCUT2D eigenvalue weighted by Gasteiger charge is 2.29. The molecule has 2 N–H and O–H groups in total. The summed E-state index contributed by atoms with van der Waals surface area (Å²) in [6, 6.07) is 0. The fourth-order valence-corrected chi connectivity index (χ4v) is 2.76. The van der Waals surface area contributed by atoms with Crippen LogP contribution in [0.5, 0.6) is 0 Å². The number of likely N-dealkylation sites (tertiary alicyclic amines) is 1. The van der Waals surface area contributed by atoms with Gasteiger partial charge in [-0.25, -0.2) is 0 Å². The molecule has 1 rings (SSSR count). The van der Waals surface area contributed by atoms with Crippen LogP contribution in [0.2, 0.25) is 0 Å². The van der Waals surface area contributed by atoms with Crippen molar-refractivity contribution in [3.05, 3.63) is 0 Å². The van der Waals surface area contributed by atoms with Crippen LogP contribution in [0.15, 0.2) is 0 Å². The third-order valence-electron chi connectivity index (χ3n) is 4.48. The highest BCUT2D eigenvalue weighted by Crippen LogP contribution is 2.25. The molecule has 0 amide bonds. The van der Waals surface area contributed by atoms with Gasteiger partial charge in [-0.15, -0.1) is 0 Å². The SMILES string of the molecule is CCC(C)(CNC(C)(C)C)CN1CCC(OCCO)CC1. The topological polar surface area (TPSA) is 44.7 Å². The van der Waals surface area contributed by atoms with E-state index in [-0.39, 0.29) is 12.1 Å². The first-order valence-corrected chi connectivity index (χ1v) is 8.48. The number of hydrogen-bond donors (Lipinski definition) is 2. The van der Waals surface area contributed by atoms with Crippen LogP contribution in [0.1, 0.15) is 53.9 Å². The lowest BCUT2D eigenvalue weighted by Crippen LogP contribution is -2.49. The maximum Gasteiger partial charge on any atom is 0.0701 e. The van der Waals surface area contributed by atoms with Gasteiger partial charge in [-0.05, 0) is 45.4 Å². The van der Waals surface area contributed by atoms with Gasteiger partial charge in [-0.3, -0.25) is 0 Å². The Morgan fingerprint density at radius 1 is 1.19 bits per heavy atom. The summed E-state index contributed by atoms with van der Waals surface area (Å²) in [5, 5.41) is 12.5. The molecule has 0 aromatic rings. The van der Waals surface area contributed by atoms with E-state index in [9.17, 15) is 0 Å². The van der Waals surface area contributed by atoms with E-state index in [1.165, 1.54) is 6.42 Å². The molecular formula is C17H36N2O2. The monoisotopic (exact) mass is 300 g/mol. The molecule has 1 saturated heterocycles. The largest absolute Gasteiger partial charge is 0.394 e. The molecule has 0 aliphatic carbocycles. The fraction of sp³-hybridized carbons (Fsp3) is 1.00. The summed E-state index contributed by atoms with van der Waals surface area (Å²) < 4.78 is 5.64. The van der Waals surface area contributed by atoms with Crippen LogP contribution < -0.4 is 5.32 Å². The van der Waals surface area contributed by atoms with Crippen molar-refractivity contribution < 1.29 is 9.84 Å². The van der Waals surface area contributed by atoms with Gasteiger partial charge >= 0.3 is 0 Å². The Morgan fingerprint density at radius 2 is 1.81 bits per heavy atom. The Kier molecular flexibility index (Phi) is 7.62. The molecule has 0 aromatic carbocycles. The summed E-state index contributed by atoms with van der Waals surface area (Å²) in [5.74, 6) is 0. The molecular weight excluding hydrogens is 264 g/mol. The first-order chi connectivity index (χ1) is 9.78. The molecule has 1 fully saturated rings. The van der Waals surface area contributed by atoms with E-state index in [2.05, 4.69) is 44.8 Å². The van der Waals surface area contributed by atoms with Crippen LogP contribution in [-0.2, 0) is 4.74 Å². The standard InChI is InChI=1S/C17H36N2O2/c1-6-17(5,13-18-16(2,3)4)14-19-9-7-15(8-10-19)21-12-11-20/h15,18,20H,6-14H2,1-5H3. The summed E-state index contributed by atoms with van der Waals surface area (Å²) >= 11 is 0. The quantitative estimate of drug-likeness (QED) is 0.722. The number of aliphatic hydroxyl groups is 1. The minimum absolute atomic E-state index is 0.132. The van der Waals surface area contributed by atoms with E-state index in [1.54, 1.807) is 0 Å². The van der Waals surface area contributed by atoms with E-state index in [1.807, 2.05) is 0 Å². The smallest absolute Gasteiger partial charge is 0.0701 e. The van der Waals surface area contributed by atoms with Gasteiger partial charge in [0.1, 0.15) is 0 Å². The van der Waals surface area contributed by atoms with Gasteiger partial charge in [-0.2, -0.15) is 0 Å². The number of aliphatic hydroxyl groups excluding tert-OH is 1. The van der Waals surface area contributed by atoms with Gasteiger partial charge in [-0.1, -0.05) is 13.8 Å². The Hall–Kier alpha value is -0.160. The maximum atomic E-state index is 8.82. The summed E-state index contributed by atoms with van der Waals surface area (Å²) in [5.41, 5.74) is 0.508. The lowest BCUT2D eigenvalue weighted by molar-refractivity contribution is -0.0144. The van der Waals surface area contributed by atoms with E-state index in [4.69, 9.17) is 9.84 Å². The third kappa shape index (κ3) is 7.59. The summed E-state index contributed by atoms with van der Waals surface area (Å²) in [6.07, 6.45) is 3.71. The van der Waals surface area contributed by atoms with Crippen molar-refractivity contribution in [3.8, 4) is 0 Å². The van der Waals surface area contributed by atoms with Crippen LogP contribution in [0.3, 0.4) is 0 Å². The molecule has 4 heteroatoms. The molecule has 0 radical (unpaired) electrons. The molecule has 0 bridgehead atoms. The molecule has 0 spiro atoms. The third-order valence-corrected chi connectivity index (χ3v) is 4.48. The van der Waals surface area contributed by atoms with Crippen molar-refractivity contribution >= 4 is 0 Å². The number of hydrogen-bond acceptors (Lipinski definition) is 4. The zero-order chi connectivity index (χ0) is 15.9. The van der Waals surface area contributed by atoms with Crippen molar-refractivity contribution in [2.45, 2.75) is 65.5 Å². The van der Waals surface area contributed by atoms with Crippen molar-refractivity contribution in [1.29, 1.82) is 0 Å². The van der Waals surface area contributed by atoms with Crippen LogP contribution in [0, 0.1) is 5.41 Å². The predicted octanol–water partition coefficient (Wildman–Crippen LogP) is 2.26. The Morgan fingerprint density at radius 3 is 2.29 bits per heavy atom. The van der Waals surface area contributed by atoms with E-state index < -0.39 is 0 Å².